The molecule has 9 nitrogen and oxygen atoms in total. The average molecular weight is 682 g/mol. The number of nitrogens with zero attached hydrogens (tertiary/aromatic N) is 3. The van der Waals surface area contributed by atoms with Gasteiger partial charge in [0.1, 0.15) is 17.5 Å². The zero-order valence-corrected chi connectivity index (χ0v) is 26.2. The SMILES string of the molecule is O=S(=O)(c1ccc(F)cc1)N1C/C=C/CN(S(=O)(=O)c2ccc(F)cc2)C/C=C/CN(S(=O)(=O)c2ccc(F)cc2)C/C=C/C1. The van der Waals surface area contributed by atoms with Crippen molar-refractivity contribution in [3.8, 4) is 0 Å². The lowest BCUT2D eigenvalue weighted by Crippen LogP contribution is -2.33. The maximum atomic E-state index is 13.5. The molecule has 3 aromatic rings. The van der Waals surface area contributed by atoms with Gasteiger partial charge >= 0.3 is 0 Å². The first kappa shape index (κ1) is 34.3. The topological polar surface area (TPSA) is 112 Å². The van der Waals surface area contributed by atoms with E-state index in [9.17, 15) is 38.4 Å². The van der Waals surface area contributed by atoms with Crippen molar-refractivity contribution >= 4 is 30.1 Å². The largest absolute Gasteiger partial charge is 0.243 e. The van der Waals surface area contributed by atoms with E-state index in [1.165, 1.54) is 36.5 Å². The van der Waals surface area contributed by atoms with Gasteiger partial charge in [0.25, 0.3) is 0 Å². The van der Waals surface area contributed by atoms with Crippen LogP contribution < -0.4 is 0 Å². The molecular formula is C30H30F3N3O6S3. The average Bonchev–Trinajstić information content (AvgIpc) is 3.01. The van der Waals surface area contributed by atoms with E-state index in [0.29, 0.717) is 0 Å². The third-order valence-corrected chi connectivity index (χ3v) is 12.2. The van der Waals surface area contributed by atoms with Gasteiger partial charge in [0, 0.05) is 39.3 Å². The van der Waals surface area contributed by atoms with Crippen molar-refractivity contribution in [2.24, 2.45) is 0 Å². The van der Waals surface area contributed by atoms with Crippen molar-refractivity contribution in [3.05, 3.63) is 127 Å². The van der Waals surface area contributed by atoms with Crippen LogP contribution in [0.2, 0.25) is 0 Å². The molecule has 1 aliphatic rings. The lowest BCUT2D eigenvalue weighted by molar-refractivity contribution is 0.465. The second kappa shape index (κ2) is 14.7. The molecule has 0 aromatic heterocycles. The van der Waals surface area contributed by atoms with E-state index in [0.717, 1.165) is 85.7 Å². The second-order valence-electron chi connectivity index (χ2n) is 9.74. The van der Waals surface area contributed by atoms with Gasteiger partial charge in [-0.25, -0.2) is 38.4 Å². The summed E-state index contributed by atoms with van der Waals surface area (Å²) in [7, 11) is -12.5. The standard InChI is InChI=1S/C30H30F3N3O6S3/c31-25-7-13-28(14-8-25)43(37,38)34-19-1-2-20-35(44(39,40)29-15-9-26(32)10-16-29)22-5-6-24-36(23-4-3-21-34)45(41,42)30-17-11-27(33)12-18-30/h1-18H,19-24H2/b2-1+,4-3+,6-5+. The quantitative estimate of drug-likeness (QED) is 0.362. The summed E-state index contributed by atoms with van der Waals surface area (Å²) >= 11 is 0. The fourth-order valence-corrected chi connectivity index (χ4v) is 8.26. The molecule has 0 radical (unpaired) electrons. The molecule has 0 fully saturated rings. The van der Waals surface area contributed by atoms with Crippen molar-refractivity contribution in [1.29, 1.82) is 0 Å². The van der Waals surface area contributed by atoms with Gasteiger partial charge in [0.2, 0.25) is 30.1 Å². The minimum absolute atomic E-state index is 0.172. The Hall–Kier alpha value is -3.60. The zero-order chi connectivity index (χ0) is 32.7. The Kier molecular flexibility index (Phi) is 11.2. The molecule has 1 heterocycles. The number of sulfonamides is 3. The zero-order valence-electron chi connectivity index (χ0n) is 23.8. The lowest BCUT2D eigenvalue weighted by atomic mass is 10.4. The number of hydrogen-bond donors (Lipinski definition) is 0. The minimum atomic E-state index is -4.15. The van der Waals surface area contributed by atoms with Gasteiger partial charge in [-0.1, -0.05) is 36.5 Å². The maximum Gasteiger partial charge on any atom is 0.243 e. The van der Waals surface area contributed by atoms with Crippen LogP contribution in [0, 0.1) is 17.5 Å². The van der Waals surface area contributed by atoms with E-state index in [-0.39, 0.29) is 54.0 Å². The fraction of sp³-hybridized carbons (Fsp3) is 0.200. The summed E-state index contributed by atoms with van der Waals surface area (Å²) in [5.41, 5.74) is 0. The Morgan fingerprint density at radius 3 is 0.711 bits per heavy atom. The Morgan fingerprint density at radius 1 is 0.356 bits per heavy atom. The summed E-state index contributed by atoms with van der Waals surface area (Å²) in [5.74, 6) is -1.86. The first-order chi connectivity index (χ1) is 21.3. The molecule has 240 valence electrons. The van der Waals surface area contributed by atoms with Crippen molar-refractivity contribution in [1.82, 2.24) is 12.9 Å². The lowest BCUT2D eigenvalue weighted by Gasteiger charge is -2.21. The number of hydrogen-bond acceptors (Lipinski definition) is 6. The Bertz CT molecular complexity index is 1630. The fourth-order valence-electron chi connectivity index (χ4n) is 4.23. The minimum Gasteiger partial charge on any atom is -0.207 e. The van der Waals surface area contributed by atoms with E-state index in [1.807, 2.05) is 0 Å². The smallest absolute Gasteiger partial charge is 0.207 e. The molecule has 0 saturated carbocycles. The third-order valence-electron chi connectivity index (χ3n) is 6.71. The molecule has 0 amide bonds. The van der Waals surface area contributed by atoms with E-state index in [2.05, 4.69) is 0 Å². The molecule has 0 atom stereocenters. The van der Waals surface area contributed by atoms with Gasteiger partial charge in [0.15, 0.2) is 0 Å². The van der Waals surface area contributed by atoms with Crippen LogP contribution in [-0.2, 0) is 30.1 Å². The predicted molar refractivity (Wildman–Crippen MR) is 163 cm³/mol. The number of benzene rings is 3. The van der Waals surface area contributed by atoms with Gasteiger partial charge in [-0.3, -0.25) is 0 Å². The first-order valence-electron chi connectivity index (χ1n) is 13.5. The highest BCUT2D eigenvalue weighted by Crippen LogP contribution is 2.20. The molecule has 0 aliphatic carbocycles. The Labute approximate surface area is 261 Å². The van der Waals surface area contributed by atoms with Crippen LogP contribution in [0.25, 0.3) is 0 Å². The van der Waals surface area contributed by atoms with Crippen molar-refractivity contribution in [2.75, 3.05) is 39.3 Å². The van der Waals surface area contributed by atoms with Gasteiger partial charge in [-0.2, -0.15) is 12.9 Å². The highest BCUT2D eigenvalue weighted by molar-refractivity contribution is 7.89. The summed E-state index contributed by atoms with van der Waals surface area (Å²) in [5, 5.41) is 0. The number of rotatable bonds is 6. The van der Waals surface area contributed by atoms with Crippen LogP contribution >= 0.6 is 0 Å². The molecule has 0 bridgehead atoms. The van der Waals surface area contributed by atoms with Crippen molar-refractivity contribution in [3.63, 3.8) is 0 Å². The maximum absolute atomic E-state index is 13.5. The molecule has 0 saturated heterocycles. The highest BCUT2D eigenvalue weighted by Gasteiger charge is 2.26. The van der Waals surface area contributed by atoms with Crippen molar-refractivity contribution < 1.29 is 38.4 Å². The molecule has 45 heavy (non-hydrogen) atoms. The van der Waals surface area contributed by atoms with E-state index < -0.39 is 47.5 Å². The van der Waals surface area contributed by atoms with Crippen LogP contribution in [0.5, 0.6) is 0 Å². The molecule has 1 aliphatic heterocycles. The number of halogens is 3. The molecular weight excluding hydrogens is 652 g/mol. The second-order valence-corrected chi connectivity index (χ2v) is 15.6. The van der Waals surface area contributed by atoms with E-state index >= 15 is 0 Å². The van der Waals surface area contributed by atoms with Gasteiger partial charge in [-0.15, -0.1) is 0 Å². The normalized spacial score (nSPS) is 19.3. The summed E-state index contributed by atoms with van der Waals surface area (Å²) < 4.78 is 124. The van der Waals surface area contributed by atoms with Crippen LogP contribution in [0.3, 0.4) is 0 Å². The Morgan fingerprint density at radius 2 is 0.533 bits per heavy atom. The van der Waals surface area contributed by atoms with Crippen LogP contribution in [-0.4, -0.2) is 77.4 Å². The third kappa shape index (κ3) is 8.56. The van der Waals surface area contributed by atoms with Gasteiger partial charge in [-0.05, 0) is 72.8 Å². The summed E-state index contributed by atoms with van der Waals surface area (Å²) in [6.07, 6.45) is 8.81. The summed E-state index contributed by atoms with van der Waals surface area (Å²) in [6, 6.07) is 12.8. The van der Waals surface area contributed by atoms with Crippen LogP contribution in [0.1, 0.15) is 0 Å². The molecule has 15 heteroatoms. The summed E-state index contributed by atoms with van der Waals surface area (Å²) in [6.45, 7) is -1.16. The van der Waals surface area contributed by atoms with Gasteiger partial charge in [0.05, 0.1) is 14.7 Å². The molecule has 4 rings (SSSR count). The van der Waals surface area contributed by atoms with Gasteiger partial charge < -0.3 is 0 Å². The van der Waals surface area contributed by atoms with Crippen molar-refractivity contribution in [2.45, 2.75) is 14.7 Å². The highest BCUT2D eigenvalue weighted by atomic mass is 32.2. The molecule has 0 N–H and O–H groups in total. The van der Waals surface area contributed by atoms with E-state index in [4.69, 9.17) is 0 Å². The first-order valence-corrected chi connectivity index (χ1v) is 17.9. The molecule has 0 unspecified atom stereocenters. The molecule has 3 aromatic carbocycles. The molecule has 0 spiro atoms. The Balaban J connectivity index is 1.70. The summed E-state index contributed by atoms with van der Waals surface area (Å²) in [4.78, 5) is -0.517. The monoisotopic (exact) mass is 681 g/mol. The van der Waals surface area contributed by atoms with Crippen LogP contribution in [0.4, 0.5) is 13.2 Å². The van der Waals surface area contributed by atoms with Crippen LogP contribution in [0.15, 0.2) is 124 Å². The van der Waals surface area contributed by atoms with E-state index in [1.54, 1.807) is 0 Å². The predicted octanol–water partition coefficient (Wildman–Crippen LogP) is 4.16.